The molecular formula is C10H19N3O2. The Morgan fingerprint density at radius 3 is 2.47 bits per heavy atom. The van der Waals surface area contributed by atoms with Crippen molar-refractivity contribution >= 4 is 0 Å². The molecule has 0 aliphatic rings. The van der Waals surface area contributed by atoms with Crippen molar-refractivity contribution in [1.29, 1.82) is 0 Å². The van der Waals surface area contributed by atoms with Crippen LogP contribution in [0.3, 0.4) is 0 Å². The first-order valence-corrected chi connectivity index (χ1v) is 5.14. The van der Waals surface area contributed by atoms with Crippen LogP contribution in [-0.4, -0.2) is 21.3 Å². The average Bonchev–Trinajstić information content (AvgIpc) is 2.63. The molecule has 0 saturated heterocycles. The van der Waals surface area contributed by atoms with E-state index >= 15 is 0 Å². The van der Waals surface area contributed by atoms with Crippen LogP contribution >= 0.6 is 0 Å². The molecular weight excluding hydrogens is 194 g/mol. The van der Waals surface area contributed by atoms with Gasteiger partial charge >= 0.3 is 0 Å². The number of nitrogens with zero attached hydrogens (tertiary/aromatic N) is 2. The SMILES string of the molecule is CCC(N)C(O)c1noc(C(C)(C)C)n1. The second kappa shape index (κ2) is 4.28. The van der Waals surface area contributed by atoms with Crippen LogP contribution in [0.15, 0.2) is 4.52 Å². The van der Waals surface area contributed by atoms with E-state index in [2.05, 4.69) is 10.1 Å². The van der Waals surface area contributed by atoms with Gasteiger partial charge in [-0.05, 0) is 6.42 Å². The zero-order chi connectivity index (χ0) is 11.6. The maximum Gasteiger partial charge on any atom is 0.232 e. The summed E-state index contributed by atoms with van der Waals surface area (Å²) in [5.74, 6) is 0.786. The lowest BCUT2D eigenvalue weighted by Gasteiger charge is -2.13. The molecule has 1 heterocycles. The van der Waals surface area contributed by atoms with E-state index in [-0.39, 0.29) is 17.3 Å². The Morgan fingerprint density at radius 2 is 2.07 bits per heavy atom. The van der Waals surface area contributed by atoms with Crippen molar-refractivity contribution in [2.45, 2.75) is 51.7 Å². The molecule has 1 aromatic heterocycles. The number of nitrogens with two attached hydrogens (primary N) is 1. The van der Waals surface area contributed by atoms with Crippen molar-refractivity contribution in [3.8, 4) is 0 Å². The first-order chi connectivity index (χ1) is 6.86. The molecule has 1 aromatic rings. The van der Waals surface area contributed by atoms with Gasteiger partial charge in [0.1, 0.15) is 6.10 Å². The molecule has 86 valence electrons. The summed E-state index contributed by atoms with van der Waals surface area (Å²) in [6.45, 7) is 7.81. The zero-order valence-electron chi connectivity index (χ0n) is 9.69. The molecule has 0 aliphatic carbocycles. The zero-order valence-corrected chi connectivity index (χ0v) is 9.69. The van der Waals surface area contributed by atoms with Gasteiger partial charge in [-0.15, -0.1) is 0 Å². The molecule has 2 atom stereocenters. The third kappa shape index (κ3) is 2.76. The van der Waals surface area contributed by atoms with E-state index in [9.17, 15) is 5.11 Å². The van der Waals surface area contributed by atoms with E-state index in [1.807, 2.05) is 27.7 Å². The number of rotatable bonds is 3. The molecule has 3 N–H and O–H groups in total. The molecule has 5 heteroatoms. The number of aliphatic hydroxyl groups excluding tert-OH is 1. The fourth-order valence-electron chi connectivity index (χ4n) is 1.07. The molecule has 0 aliphatic heterocycles. The van der Waals surface area contributed by atoms with Gasteiger partial charge in [0, 0.05) is 11.5 Å². The van der Waals surface area contributed by atoms with Crippen molar-refractivity contribution in [2.24, 2.45) is 5.73 Å². The number of aliphatic hydroxyl groups is 1. The molecule has 0 aromatic carbocycles. The third-order valence-corrected chi connectivity index (χ3v) is 2.22. The third-order valence-electron chi connectivity index (χ3n) is 2.22. The van der Waals surface area contributed by atoms with Crippen LogP contribution in [0, 0.1) is 0 Å². The maximum atomic E-state index is 9.76. The molecule has 0 radical (unpaired) electrons. The Balaban J connectivity index is 2.85. The second-order valence-corrected chi connectivity index (χ2v) is 4.72. The predicted molar refractivity (Wildman–Crippen MR) is 56.2 cm³/mol. The maximum absolute atomic E-state index is 9.76. The van der Waals surface area contributed by atoms with E-state index in [1.165, 1.54) is 0 Å². The van der Waals surface area contributed by atoms with Gasteiger partial charge in [-0.25, -0.2) is 0 Å². The van der Waals surface area contributed by atoms with Gasteiger partial charge < -0.3 is 15.4 Å². The minimum atomic E-state index is -0.852. The topological polar surface area (TPSA) is 85.2 Å². The fraction of sp³-hybridized carbons (Fsp3) is 0.800. The molecule has 0 spiro atoms. The van der Waals surface area contributed by atoms with Crippen LogP contribution in [0.4, 0.5) is 0 Å². The molecule has 1 rings (SSSR count). The summed E-state index contributed by atoms with van der Waals surface area (Å²) in [4.78, 5) is 4.14. The van der Waals surface area contributed by atoms with E-state index < -0.39 is 6.10 Å². The van der Waals surface area contributed by atoms with Crippen molar-refractivity contribution in [1.82, 2.24) is 10.1 Å². The molecule has 0 fully saturated rings. The van der Waals surface area contributed by atoms with Gasteiger partial charge in [0.05, 0.1) is 0 Å². The Morgan fingerprint density at radius 1 is 1.47 bits per heavy atom. The fourth-order valence-corrected chi connectivity index (χ4v) is 1.07. The highest BCUT2D eigenvalue weighted by Gasteiger charge is 2.26. The highest BCUT2D eigenvalue weighted by atomic mass is 16.5. The average molecular weight is 213 g/mol. The van der Waals surface area contributed by atoms with E-state index in [0.29, 0.717) is 12.3 Å². The summed E-state index contributed by atoms with van der Waals surface area (Å²) in [6.07, 6.45) is -0.185. The first-order valence-electron chi connectivity index (χ1n) is 5.14. The standard InChI is InChI=1S/C10H19N3O2/c1-5-6(11)7(14)8-12-9(15-13-8)10(2,3)4/h6-7,14H,5,11H2,1-4H3. The Hall–Kier alpha value is -0.940. The second-order valence-electron chi connectivity index (χ2n) is 4.72. The van der Waals surface area contributed by atoms with Crippen LogP contribution in [0.1, 0.15) is 51.9 Å². The smallest absolute Gasteiger partial charge is 0.232 e. The molecule has 5 nitrogen and oxygen atoms in total. The molecule has 15 heavy (non-hydrogen) atoms. The normalized spacial score (nSPS) is 16.4. The first kappa shape index (κ1) is 12.1. The van der Waals surface area contributed by atoms with Gasteiger partial charge in [-0.2, -0.15) is 4.98 Å². The summed E-state index contributed by atoms with van der Waals surface area (Å²) >= 11 is 0. The minimum absolute atomic E-state index is 0.207. The molecule has 0 saturated carbocycles. The van der Waals surface area contributed by atoms with Crippen LogP contribution in [0.2, 0.25) is 0 Å². The quantitative estimate of drug-likeness (QED) is 0.786. The lowest BCUT2D eigenvalue weighted by atomic mass is 9.97. The summed E-state index contributed by atoms with van der Waals surface area (Å²) in [5, 5.41) is 13.5. The number of hydrogen-bond acceptors (Lipinski definition) is 5. The molecule has 2 unspecified atom stereocenters. The highest BCUT2D eigenvalue weighted by Crippen LogP contribution is 2.22. The largest absolute Gasteiger partial charge is 0.383 e. The molecule has 0 bridgehead atoms. The summed E-state index contributed by atoms with van der Waals surface area (Å²) in [7, 11) is 0. The van der Waals surface area contributed by atoms with Crippen LogP contribution < -0.4 is 5.73 Å². The van der Waals surface area contributed by atoms with E-state index in [4.69, 9.17) is 10.3 Å². The Labute approximate surface area is 89.7 Å². The van der Waals surface area contributed by atoms with Crippen LogP contribution in [-0.2, 0) is 5.41 Å². The Bertz CT molecular complexity index is 317. The lowest BCUT2D eigenvalue weighted by molar-refractivity contribution is 0.131. The van der Waals surface area contributed by atoms with Crippen molar-refractivity contribution in [3.63, 3.8) is 0 Å². The summed E-state index contributed by atoms with van der Waals surface area (Å²) in [5.41, 5.74) is 5.49. The van der Waals surface area contributed by atoms with Crippen molar-refractivity contribution in [2.75, 3.05) is 0 Å². The van der Waals surface area contributed by atoms with E-state index in [1.54, 1.807) is 0 Å². The van der Waals surface area contributed by atoms with E-state index in [0.717, 1.165) is 0 Å². The van der Waals surface area contributed by atoms with Crippen molar-refractivity contribution in [3.05, 3.63) is 11.7 Å². The van der Waals surface area contributed by atoms with Crippen molar-refractivity contribution < 1.29 is 9.63 Å². The molecule has 0 amide bonds. The monoisotopic (exact) mass is 213 g/mol. The summed E-state index contributed by atoms with van der Waals surface area (Å²) in [6, 6.07) is -0.351. The van der Waals surface area contributed by atoms with Gasteiger partial charge in [0.2, 0.25) is 11.7 Å². The highest BCUT2D eigenvalue weighted by molar-refractivity contribution is 5.01. The minimum Gasteiger partial charge on any atom is -0.383 e. The summed E-state index contributed by atoms with van der Waals surface area (Å²) < 4.78 is 5.07. The Kier molecular flexibility index (Phi) is 3.46. The van der Waals surface area contributed by atoms with Gasteiger partial charge in [-0.1, -0.05) is 32.9 Å². The van der Waals surface area contributed by atoms with Crippen LogP contribution in [0.5, 0.6) is 0 Å². The predicted octanol–water partition coefficient (Wildman–Crippen LogP) is 1.14. The van der Waals surface area contributed by atoms with Gasteiger partial charge in [0.15, 0.2) is 0 Å². The van der Waals surface area contributed by atoms with Gasteiger partial charge in [-0.3, -0.25) is 0 Å². The lowest BCUT2D eigenvalue weighted by Crippen LogP contribution is -2.28. The number of hydrogen-bond donors (Lipinski definition) is 2. The van der Waals surface area contributed by atoms with Gasteiger partial charge in [0.25, 0.3) is 0 Å². The number of aromatic nitrogens is 2. The van der Waals surface area contributed by atoms with Crippen LogP contribution in [0.25, 0.3) is 0 Å².